The molecular formula is C38H28N4O. The maximum absolute atomic E-state index is 6.35. The molecule has 5 heteroatoms. The van der Waals surface area contributed by atoms with Crippen LogP contribution in [0.25, 0.3) is 44.3 Å². The van der Waals surface area contributed by atoms with Gasteiger partial charge in [-0.05, 0) is 57.6 Å². The smallest absolute Gasteiger partial charge is 0.227 e. The van der Waals surface area contributed by atoms with Gasteiger partial charge < -0.3 is 9.73 Å². The largest absolute Gasteiger partial charge is 0.438 e. The van der Waals surface area contributed by atoms with Crippen LogP contribution in [-0.4, -0.2) is 10.8 Å². The average molecular weight is 557 g/mol. The molecule has 0 spiro atoms. The number of furan rings is 1. The second kappa shape index (κ2) is 10.7. The van der Waals surface area contributed by atoms with Gasteiger partial charge in [-0.2, -0.15) is 0 Å². The predicted molar refractivity (Wildman–Crippen MR) is 174 cm³/mol. The number of rotatable bonds is 5. The first kappa shape index (κ1) is 25.2. The summed E-state index contributed by atoms with van der Waals surface area (Å²) in [5.41, 5.74) is 9.15. The summed E-state index contributed by atoms with van der Waals surface area (Å²) >= 11 is 0. The molecule has 5 aromatic carbocycles. The van der Waals surface area contributed by atoms with E-state index in [1.54, 1.807) is 6.20 Å². The van der Waals surface area contributed by atoms with Crippen LogP contribution in [-0.2, 0) is 0 Å². The fourth-order valence-electron chi connectivity index (χ4n) is 5.90. The zero-order chi connectivity index (χ0) is 28.6. The Labute approximate surface area is 249 Å². The van der Waals surface area contributed by atoms with Crippen LogP contribution in [0.4, 0.5) is 0 Å². The molecule has 5 nitrogen and oxygen atoms in total. The van der Waals surface area contributed by atoms with Crippen LogP contribution >= 0.6 is 0 Å². The first-order valence-corrected chi connectivity index (χ1v) is 14.5. The zero-order valence-electron chi connectivity index (χ0n) is 23.3. The van der Waals surface area contributed by atoms with Gasteiger partial charge in [-0.15, -0.1) is 0 Å². The Balaban J connectivity index is 1.30. The number of hydrogen-bond acceptors (Lipinski definition) is 5. The molecule has 1 aliphatic heterocycles. The maximum atomic E-state index is 6.35. The van der Waals surface area contributed by atoms with Crippen molar-refractivity contribution in [1.82, 2.24) is 15.6 Å². The number of benzene rings is 5. The summed E-state index contributed by atoms with van der Waals surface area (Å²) in [4.78, 5) is 9.79. The SMILES string of the molecule is c1ccc(-c2ccc(-c3cc(C4=NC(c5ccccc5)NC(c5ccccc5)N4)c4c(c3)oc3ncccc34)cc2)cc1. The van der Waals surface area contributed by atoms with Crippen LogP contribution in [0.3, 0.4) is 0 Å². The summed E-state index contributed by atoms with van der Waals surface area (Å²) in [5.74, 6) is 0.806. The van der Waals surface area contributed by atoms with E-state index in [4.69, 9.17) is 9.41 Å². The van der Waals surface area contributed by atoms with Crippen LogP contribution in [0.15, 0.2) is 155 Å². The Morgan fingerprint density at radius 3 is 1.93 bits per heavy atom. The second-order valence-electron chi connectivity index (χ2n) is 10.7. The lowest BCUT2D eigenvalue weighted by Crippen LogP contribution is -2.45. The number of pyridine rings is 1. The maximum Gasteiger partial charge on any atom is 0.227 e. The third kappa shape index (κ3) is 4.76. The van der Waals surface area contributed by atoms with Gasteiger partial charge in [-0.25, -0.2) is 9.98 Å². The Morgan fingerprint density at radius 2 is 1.21 bits per heavy atom. The van der Waals surface area contributed by atoms with Gasteiger partial charge >= 0.3 is 0 Å². The molecule has 2 unspecified atom stereocenters. The average Bonchev–Trinajstić information content (AvgIpc) is 3.47. The van der Waals surface area contributed by atoms with E-state index in [1.807, 2.05) is 24.3 Å². The minimum absolute atomic E-state index is 0.140. The van der Waals surface area contributed by atoms with E-state index in [0.717, 1.165) is 50.0 Å². The van der Waals surface area contributed by atoms with Crippen molar-refractivity contribution in [3.05, 3.63) is 162 Å². The van der Waals surface area contributed by atoms with Crippen molar-refractivity contribution in [2.24, 2.45) is 4.99 Å². The minimum Gasteiger partial charge on any atom is -0.438 e. The van der Waals surface area contributed by atoms with Crippen LogP contribution in [0.1, 0.15) is 29.0 Å². The molecule has 43 heavy (non-hydrogen) atoms. The summed E-state index contributed by atoms with van der Waals surface area (Å²) in [6.07, 6.45) is 1.40. The number of fused-ring (bicyclic) bond motifs is 3. The number of nitrogens with zero attached hydrogens (tertiary/aromatic N) is 2. The summed E-state index contributed by atoms with van der Waals surface area (Å²) in [5, 5.41) is 9.38. The lowest BCUT2D eigenvalue weighted by Gasteiger charge is -2.32. The number of nitrogens with one attached hydrogen (secondary N) is 2. The zero-order valence-corrected chi connectivity index (χ0v) is 23.3. The number of amidine groups is 1. The molecule has 0 radical (unpaired) electrons. The molecule has 8 rings (SSSR count). The highest BCUT2D eigenvalue weighted by Crippen LogP contribution is 2.37. The van der Waals surface area contributed by atoms with E-state index < -0.39 is 0 Å². The molecule has 1 aliphatic rings. The minimum atomic E-state index is -0.234. The molecule has 0 saturated heterocycles. The topological polar surface area (TPSA) is 62.5 Å². The Hall–Kier alpha value is -5.52. The van der Waals surface area contributed by atoms with Gasteiger partial charge in [-0.3, -0.25) is 5.32 Å². The van der Waals surface area contributed by atoms with Crippen LogP contribution < -0.4 is 10.6 Å². The van der Waals surface area contributed by atoms with Crippen LogP contribution in [0.5, 0.6) is 0 Å². The standard InChI is InChI=1S/C38H28N4O/c1-4-11-25(12-5-1)26-18-20-27(21-19-26)30-23-32(34-31-17-10-22-39-38(31)43-33(34)24-30)37-41-35(28-13-6-2-7-14-28)40-36(42-37)29-15-8-3-9-16-29/h1-24,35-36,40H,(H,41,42). The van der Waals surface area contributed by atoms with Gasteiger partial charge in [0, 0.05) is 22.5 Å². The third-order valence-corrected chi connectivity index (χ3v) is 8.04. The summed E-state index contributed by atoms with van der Waals surface area (Å²) in [6, 6.07) is 48.3. The van der Waals surface area contributed by atoms with Gasteiger partial charge in [0.05, 0.1) is 0 Å². The highest BCUT2D eigenvalue weighted by molar-refractivity contribution is 6.18. The van der Waals surface area contributed by atoms with Crippen molar-refractivity contribution < 1.29 is 4.42 Å². The van der Waals surface area contributed by atoms with Gasteiger partial charge in [0.2, 0.25) is 5.71 Å². The molecule has 0 bridgehead atoms. The van der Waals surface area contributed by atoms with Crippen molar-refractivity contribution in [2.75, 3.05) is 0 Å². The molecule has 0 saturated carbocycles. The molecule has 2 N–H and O–H groups in total. The molecule has 0 aliphatic carbocycles. The van der Waals surface area contributed by atoms with E-state index in [-0.39, 0.29) is 12.3 Å². The Morgan fingerprint density at radius 1 is 0.581 bits per heavy atom. The van der Waals surface area contributed by atoms with Crippen molar-refractivity contribution in [1.29, 1.82) is 0 Å². The second-order valence-corrected chi connectivity index (χ2v) is 10.7. The molecule has 0 fully saturated rings. The van der Waals surface area contributed by atoms with E-state index in [1.165, 1.54) is 11.1 Å². The fraction of sp³-hybridized carbons (Fsp3) is 0.0526. The van der Waals surface area contributed by atoms with Crippen molar-refractivity contribution in [2.45, 2.75) is 12.3 Å². The van der Waals surface area contributed by atoms with Gasteiger partial charge in [0.1, 0.15) is 23.8 Å². The normalized spacial score (nSPS) is 16.6. The lowest BCUT2D eigenvalue weighted by molar-refractivity contribution is 0.409. The summed E-state index contributed by atoms with van der Waals surface area (Å²) in [7, 11) is 0. The summed E-state index contributed by atoms with van der Waals surface area (Å²) in [6.45, 7) is 0. The highest BCUT2D eigenvalue weighted by atomic mass is 16.3. The fourth-order valence-corrected chi connectivity index (χ4v) is 5.90. The molecular weight excluding hydrogens is 528 g/mol. The third-order valence-electron chi connectivity index (χ3n) is 8.04. The van der Waals surface area contributed by atoms with Crippen LogP contribution in [0, 0.1) is 0 Å². The van der Waals surface area contributed by atoms with Crippen molar-refractivity contribution >= 4 is 27.9 Å². The van der Waals surface area contributed by atoms with E-state index in [2.05, 4.69) is 131 Å². The molecule has 3 heterocycles. The number of hydrogen-bond donors (Lipinski definition) is 2. The van der Waals surface area contributed by atoms with Crippen molar-refractivity contribution in [3.8, 4) is 22.3 Å². The van der Waals surface area contributed by atoms with E-state index >= 15 is 0 Å². The molecule has 7 aromatic rings. The van der Waals surface area contributed by atoms with E-state index in [0.29, 0.717) is 5.71 Å². The monoisotopic (exact) mass is 556 g/mol. The predicted octanol–water partition coefficient (Wildman–Crippen LogP) is 8.65. The van der Waals surface area contributed by atoms with Crippen molar-refractivity contribution in [3.63, 3.8) is 0 Å². The molecule has 206 valence electrons. The highest BCUT2D eigenvalue weighted by Gasteiger charge is 2.27. The van der Waals surface area contributed by atoms with Crippen LogP contribution in [0.2, 0.25) is 0 Å². The molecule has 2 aromatic heterocycles. The van der Waals surface area contributed by atoms with Gasteiger partial charge in [0.25, 0.3) is 0 Å². The molecule has 0 amide bonds. The number of aliphatic imine (C=N–C) groups is 1. The lowest BCUT2D eigenvalue weighted by atomic mass is 9.96. The first-order chi connectivity index (χ1) is 21.3. The first-order valence-electron chi connectivity index (χ1n) is 14.5. The van der Waals surface area contributed by atoms with E-state index in [9.17, 15) is 0 Å². The molecule has 2 atom stereocenters. The summed E-state index contributed by atoms with van der Waals surface area (Å²) < 4.78 is 6.35. The Bertz CT molecular complexity index is 2070. The van der Waals surface area contributed by atoms with Gasteiger partial charge in [0.15, 0.2) is 0 Å². The Kier molecular flexibility index (Phi) is 6.28. The number of aromatic nitrogens is 1. The van der Waals surface area contributed by atoms with Gasteiger partial charge in [-0.1, -0.05) is 115 Å². The quantitative estimate of drug-likeness (QED) is 0.223.